The van der Waals surface area contributed by atoms with Crippen molar-refractivity contribution in [3.05, 3.63) is 11.4 Å². The quantitative estimate of drug-likeness (QED) is 0.525. The van der Waals surface area contributed by atoms with E-state index in [1.165, 1.54) is 6.92 Å². The summed E-state index contributed by atoms with van der Waals surface area (Å²) in [6, 6.07) is 3.52. The molecule has 0 saturated carbocycles. The molecular formula is C9H9N7O. The smallest absolute Gasteiger partial charge is 0.331 e. The molecule has 2 amide bonds. The third kappa shape index (κ3) is 1.47. The largest absolute Gasteiger partial charge is 0.383 e. The monoisotopic (exact) mass is 231 g/mol. The van der Waals surface area contributed by atoms with Gasteiger partial charge in [-0.3, -0.25) is 5.01 Å². The SMILES string of the molecule is C[C@H]1N(NC(N)=O)C(N)=C(C#N)C1(C#N)C#N. The predicted molar refractivity (Wildman–Crippen MR) is 54.5 cm³/mol. The minimum Gasteiger partial charge on any atom is -0.383 e. The molecule has 0 fully saturated rings. The number of nitrogens with two attached hydrogens (primary N) is 2. The predicted octanol–water partition coefficient (Wildman–Crippen LogP) is -0.999. The fourth-order valence-corrected chi connectivity index (χ4v) is 1.68. The average Bonchev–Trinajstić information content (AvgIpc) is 2.49. The number of hydrazine groups is 1. The number of carbonyl (C=O) groups excluding carboxylic acids is 1. The van der Waals surface area contributed by atoms with Gasteiger partial charge in [-0.15, -0.1) is 0 Å². The second kappa shape index (κ2) is 3.92. The van der Waals surface area contributed by atoms with Crippen molar-refractivity contribution in [3.63, 3.8) is 0 Å². The van der Waals surface area contributed by atoms with Crippen molar-refractivity contribution < 1.29 is 4.79 Å². The van der Waals surface area contributed by atoms with Gasteiger partial charge >= 0.3 is 6.03 Å². The second-order valence-electron chi connectivity index (χ2n) is 3.43. The van der Waals surface area contributed by atoms with Crippen molar-refractivity contribution in [2.24, 2.45) is 16.9 Å². The van der Waals surface area contributed by atoms with E-state index in [4.69, 9.17) is 27.3 Å². The average molecular weight is 231 g/mol. The van der Waals surface area contributed by atoms with Crippen molar-refractivity contribution >= 4 is 6.03 Å². The number of hydrogen-bond donors (Lipinski definition) is 3. The molecule has 0 radical (unpaired) electrons. The van der Waals surface area contributed by atoms with Crippen LogP contribution in [0.1, 0.15) is 6.92 Å². The number of primary amides is 1. The topological polar surface area (TPSA) is 156 Å². The van der Waals surface area contributed by atoms with Gasteiger partial charge in [0, 0.05) is 0 Å². The van der Waals surface area contributed by atoms with E-state index in [9.17, 15) is 4.79 Å². The van der Waals surface area contributed by atoms with Gasteiger partial charge in [0.15, 0.2) is 0 Å². The molecule has 0 unspecified atom stereocenters. The van der Waals surface area contributed by atoms with Crippen molar-refractivity contribution in [1.82, 2.24) is 10.4 Å². The van der Waals surface area contributed by atoms with Gasteiger partial charge in [-0.25, -0.2) is 10.2 Å². The Kier molecular flexibility index (Phi) is 2.80. The summed E-state index contributed by atoms with van der Waals surface area (Å²) in [5.41, 5.74) is 10.8. The Balaban J connectivity index is 3.35. The molecule has 0 saturated heterocycles. The van der Waals surface area contributed by atoms with Gasteiger partial charge in [0.25, 0.3) is 0 Å². The number of carbonyl (C=O) groups is 1. The molecule has 5 N–H and O–H groups in total. The van der Waals surface area contributed by atoms with E-state index < -0.39 is 17.5 Å². The highest BCUT2D eigenvalue weighted by molar-refractivity contribution is 5.71. The normalized spacial score (nSPS) is 21.3. The first-order valence-corrected chi connectivity index (χ1v) is 4.52. The van der Waals surface area contributed by atoms with Crippen molar-refractivity contribution in [2.45, 2.75) is 13.0 Å². The third-order valence-corrected chi connectivity index (χ3v) is 2.62. The standard InChI is InChI=1S/C9H9N7O/c1-5-9(3-11,4-12)6(2-10)7(13)16(5)15-8(14)17/h5H,13H2,1H3,(H3,14,15,17)/t5-/m1/s1. The molecule has 0 aromatic carbocycles. The molecule has 86 valence electrons. The molecule has 0 spiro atoms. The van der Waals surface area contributed by atoms with Crippen molar-refractivity contribution in [1.29, 1.82) is 15.8 Å². The maximum atomic E-state index is 10.8. The fourth-order valence-electron chi connectivity index (χ4n) is 1.68. The highest BCUT2D eigenvalue weighted by Gasteiger charge is 2.52. The summed E-state index contributed by atoms with van der Waals surface area (Å²) in [7, 11) is 0. The van der Waals surface area contributed by atoms with E-state index in [1.807, 2.05) is 0 Å². The first-order chi connectivity index (χ1) is 7.94. The highest BCUT2D eigenvalue weighted by atomic mass is 16.2. The zero-order valence-corrected chi connectivity index (χ0v) is 8.93. The van der Waals surface area contributed by atoms with E-state index in [1.54, 1.807) is 18.2 Å². The van der Waals surface area contributed by atoms with Gasteiger partial charge in [-0.2, -0.15) is 15.8 Å². The molecule has 8 nitrogen and oxygen atoms in total. The van der Waals surface area contributed by atoms with Gasteiger partial charge < -0.3 is 11.5 Å². The van der Waals surface area contributed by atoms with Gasteiger partial charge in [0.05, 0.1) is 18.2 Å². The van der Waals surface area contributed by atoms with Crippen LogP contribution in [0.25, 0.3) is 0 Å². The van der Waals surface area contributed by atoms with Crippen LogP contribution in [0.15, 0.2) is 11.4 Å². The zero-order chi connectivity index (χ0) is 13.2. The molecule has 1 aliphatic heterocycles. The minimum absolute atomic E-state index is 0.151. The number of rotatable bonds is 1. The number of amides is 2. The Hall–Kier alpha value is -2.92. The summed E-state index contributed by atoms with van der Waals surface area (Å²) < 4.78 is 0. The second-order valence-corrected chi connectivity index (χ2v) is 3.43. The fraction of sp³-hybridized carbons (Fsp3) is 0.333. The van der Waals surface area contributed by atoms with Gasteiger partial charge in [-0.1, -0.05) is 0 Å². The molecule has 0 aromatic heterocycles. The summed E-state index contributed by atoms with van der Waals surface area (Å²) in [5.74, 6) is -0.151. The van der Waals surface area contributed by atoms with Crippen LogP contribution < -0.4 is 16.9 Å². The van der Waals surface area contributed by atoms with Crippen LogP contribution in [0.5, 0.6) is 0 Å². The van der Waals surface area contributed by atoms with Gasteiger partial charge in [0.1, 0.15) is 17.5 Å². The molecule has 17 heavy (non-hydrogen) atoms. The van der Waals surface area contributed by atoms with Gasteiger partial charge in [-0.05, 0) is 6.92 Å². The summed E-state index contributed by atoms with van der Waals surface area (Å²) in [6.45, 7) is 1.49. The molecule has 0 aliphatic carbocycles. The Bertz CT molecular complexity index is 501. The molecular weight excluding hydrogens is 222 g/mol. The molecule has 8 heteroatoms. The van der Waals surface area contributed by atoms with Crippen LogP contribution in [0.4, 0.5) is 4.79 Å². The van der Waals surface area contributed by atoms with Crippen LogP contribution in [0.3, 0.4) is 0 Å². The molecule has 1 rings (SSSR count). The Labute approximate surface area is 97.3 Å². The maximum absolute atomic E-state index is 10.8. The summed E-state index contributed by atoms with van der Waals surface area (Å²) in [4.78, 5) is 10.8. The molecule has 1 heterocycles. The Morgan fingerprint density at radius 2 is 2.00 bits per heavy atom. The van der Waals surface area contributed by atoms with E-state index in [0.29, 0.717) is 0 Å². The lowest BCUT2D eigenvalue weighted by molar-refractivity contribution is 0.172. The third-order valence-electron chi connectivity index (χ3n) is 2.62. The van der Waals surface area contributed by atoms with Crippen LogP contribution in [0.2, 0.25) is 0 Å². The van der Waals surface area contributed by atoms with Crippen LogP contribution in [-0.4, -0.2) is 17.1 Å². The Morgan fingerprint density at radius 3 is 2.29 bits per heavy atom. The van der Waals surface area contributed by atoms with E-state index in [2.05, 4.69) is 5.43 Å². The number of nitrogens with zero attached hydrogens (tertiary/aromatic N) is 4. The zero-order valence-electron chi connectivity index (χ0n) is 8.93. The molecule has 1 aliphatic rings. The number of nitriles is 3. The number of nitrogens with one attached hydrogen (secondary N) is 1. The van der Waals surface area contributed by atoms with E-state index in [-0.39, 0.29) is 11.4 Å². The maximum Gasteiger partial charge on any atom is 0.331 e. The number of urea groups is 1. The van der Waals surface area contributed by atoms with Crippen molar-refractivity contribution in [3.8, 4) is 18.2 Å². The summed E-state index contributed by atoms with van der Waals surface area (Å²) in [5, 5.41) is 28.1. The Morgan fingerprint density at radius 1 is 1.47 bits per heavy atom. The first-order valence-electron chi connectivity index (χ1n) is 4.52. The lowest BCUT2D eigenvalue weighted by Crippen LogP contribution is -2.51. The van der Waals surface area contributed by atoms with E-state index in [0.717, 1.165) is 5.01 Å². The molecule has 1 atom stereocenters. The van der Waals surface area contributed by atoms with E-state index >= 15 is 0 Å². The lowest BCUT2D eigenvalue weighted by Gasteiger charge is -2.27. The highest BCUT2D eigenvalue weighted by Crippen LogP contribution is 2.40. The number of hydrogen-bond acceptors (Lipinski definition) is 6. The molecule has 0 aromatic rings. The van der Waals surface area contributed by atoms with Crippen molar-refractivity contribution in [2.75, 3.05) is 0 Å². The summed E-state index contributed by atoms with van der Waals surface area (Å²) >= 11 is 0. The van der Waals surface area contributed by atoms with Crippen LogP contribution in [-0.2, 0) is 0 Å². The van der Waals surface area contributed by atoms with Gasteiger partial charge in [0.2, 0.25) is 5.41 Å². The molecule has 0 bridgehead atoms. The summed E-state index contributed by atoms with van der Waals surface area (Å²) in [6.07, 6.45) is 0. The van der Waals surface area contributed by atoms with Crippen LogP contribution >= 0.6 is 0 Å². The first kappa shape index (κ1) is 12.2. The minimum atomic E-state index is -1.71. The lowest BCUT2D eigenvalue weighted by atomic mass is 9.80. The van der Waals surface area contributed by atoms with Crippen LogP contribution in [0, 0.1) is 39.4 Å².